The molecule has 0 bridgehead atoms. The molecule has 0 aliphatic heterocycles. The first-order valence-electron chi connectivity index (χ1n) is 6.87. The van der Waals surface area contributed by atoms with Crippen molar-refractivity contribution in [3.05, 3.63) is 23.8 Å². The van der Waals surface area contributed by atoms with Crippen molar-refractivity contribution in [1.82, 2.24) is 5.48 Å². The number of rotatable bonds is 9. The third-order valence-corrected chi connectivity index (χ3v) is 3.00. The number of aryl methyl sites for hydroxylation is 1. The second-order valence-corrected chi connectivity index (χ2v) is 4.70. The summed E-state index contributed by atoms with van der Waals surface area (Å²) in [4.78, 5) is 10.8. The van der Waals surface area contributed by atoms with Gasteiger partial charge in [-0.1, -0.05) is 18.9 Å². The minimum atomic E-state index is -0.328. The molecule has 20 heavy (non-hydrogen) atoms. The largest absolute Gasteiger partial charge is 0.493 e. The molecule has 5 heteroatoms. The summed E-state index contributed by atoms with van der Waals surface area (Å²) in [6, 6.07) is 5.86. The molecule has 0 saturated carbocycles. The zero-order chi connectivity index (χ0) is 14.8. The minimum absolute atomic E-state index is 0.328. The van der Waals surface area contributed by atoms with Gasteiger partial charge in [0.05, 0.1) is 13.7 Å². The van der Waals surface area contributed by atoms with Crippen molar-refractivity contribution in [3.8, 4) is 11.5 Å². The maximum atomic E-state index is 10.8. The summed E-state index contributed by atoms with van der Waals surface area (Å²) in [6.45, 7) is 2.64. The Kier molecular flexibility index (Phi) is 7.50. The number of nitrogens with one attached hydrogen (secondary N) is 1. The smallest absolute Gasteiger partial charge is 0.243 e. The fourth-order valence-corrected chi connectivity index (χ4v) is 1.87. The molecule has 0 aliphatic rings. The topological polar surface area (TPSA) is 67.8 Å². The van der Waals surface area contributed by atoms with Crippen molar-refractivity contribution in [2.24, 2.45) is 0 Å². The van der Waals surface area contributed by atoms with Gasteiger partial charge in [0.25, 0.3) is 0 Å². The highest BCUT2D eigenvalue weighted by molar-refractivity contribution is 5.74. The zero-order valence-corrected chi connectivity index (χ0v) is 12.1. The van der Waals surface area contributed by atoms with Crippen LogP contribution in [0.25, 0.3) is 0 Å². The normalized spacial score (nSPS) is 10.2. The van der Waals surface area contributed by atoms with Gasteiger partial charge in [-0.15, -0.1) is 0 Å². The molecule has 1 rings (SSSR count). The van der Waals surface area contributed by atoms with E-state index in [9.17, 15) is 4.79 Å². The minimum Gasteiger partial charge on any atom is -0.493 e. The van der Waals surface area contributed by atoms with E-state index < -0.39 is 0 Å². The lowest BCUT2D eigenvalue weighted by molar-refractivity contribution is -0.129. The van der Waals surface area contributed by atoms with E-state index >= 15 is 0 Å². The van der Waals surface area contributed by atoms with E-state index in [1.54, 1.807) is 12.6 Å². The van der Waals surface area contributed by atoms with Gasteiger partial charge in [0.2, 0.25) is 5.91 Å². The molecule has 0 saturated heterocycles. The van der Waals surface area contributed by atoms with E-state index in [1.165, 1.54) is 0 Å². The summed E-state index contributed by atoms with van der Waals surface area (Å²) in [5.41, 5.74) is 2.76. The number of carbonyl (C=O) groups is 1. The number of hydrogen-bond acceptors (Lipinski definition) is 4. The van der Waals surface area contributed by atoms with Crippen LogP contribution < -0.4 is 15.0 Å². The average Bonchev–Trinajstić information content (AvgIpc) is 2.47. The Morgan fingerprint density at radius 2 is 1.95 bits per heavy atom. The summed E-state index contributed by atoms with van der Waals surface area (Å²) in [5, 5.41) is 8.34. The third-order valence-electron chi connectivity index (χ3n) is 3.00. The maximum absolute atomic E-state index is 10.8. The number of ether oxygens (including phenoxy) is 2. The first-order chi connectivity index (χ1) is 9.67. The van der Waals surface area contributed by atoms with Gasteiger partial charge in [-0.2, -0.15) is 0 Å². The van der Waals surface area contributed by atoms with Gasteiger partial charge in [-0.05, 0) is 37.5 Å². The number of amides is 1. The first-order valence-corrected chi connectivity index (χ1v) is 6.87. The summed E-state index contributed by atoms with van der Waals surface area (Å²) in [5.74, 6) is 1.19. The zero-order valence-electron chi connectivity index (χ0n) is 12.1. The molecule has 5 nitrogen and oxygen atoms in total. The molecule has 0 spiro atoms. The molecule has 1 amide bonds. The van der Waals surface area contributed by atoms with Crippen molar-refractivity contribution in [1.29, 1.82) is 0 Å². The molecule has 2 N–H and O–H groups in total. The monoisotopic (exact) mass is 281 g/mol. The van der Waals surface area contributed by atoms with E-state index in [4.69, 9.17) is 14.7 Å². The Labute approximate surface area is 119 Å². The van der Waals surface area contributed by atoms with Crippen LogP contribution in [0.2, 0.25) is 0 Å². The van der Waals surface area contributed by atoms with Gasteiger partial charge >= 0.3 is 0 Å². The molecule has 0 heterocycles. The summed E-state index contributed by atoms with van der Waals surface area (Å²) in [6.07, 6.45) is 4.01. The maximum Gasteiger partial charge on any atom is 0.243 e. The molecule has 0 atom stereocenters. The van der Waals surface area contributed by atoms with Gasteiger partial charge in [-0.25, -0.2) is 5.48 Å². The molecule has 1 aromatic rings. The van der Waals surface area contributed by atoms with Gasteiger partial charge in [0.1, 0.15) is 0 Å². The number of hydrogen-bond donors (Lipinski definition) is 2. The van der Waals surface area contributed by atoms with Crippen molar-refractivity contribution in [3.63, 3.8) is 0 Å². The first kappa shape index (κ1) is 16.3. The predicted octanol–water partition coefficient (Wildman–Crippen LogP) is 2.84. The summed E-state index contributed by atoms with van der Waals surface area (Å²) >= 11 is 0. The summed E-state index contributed by atoms with van der Waals surface area (Å²) in [7, 11) is 1.63. The van der Waals surface area contributed by atoms with Gasteiger partial charge in [0, 0.05) is 6.42 Å². The quantitative estimate of drug-likeness (QED) is 0.415. The molecule has 0 aromatic heterocycles. The van der Waals surface area contributed by atoms with Crippen LogP contribution >= 0.6 is 0 Å². The lowest BCUT2D eigenvalue weighted by atomic mass is 10.1. The standard InChI is InChI=1S/C15H23NO4/c1-12-8-9-13(14(11-12)19-2)20-10-6-4-3-5-7-15(17)16-18/h8-9,11,18H,3-7,10H2,1-2H3,(H,16,17). The highest BCUT2D eigenvalue weighted by atomic mass is 16.5. The van der Waals surface area contributed by atoms with Crippen LogP contribution in [0.5, 0.6) is 11.5 Å². The lowest BCUT2D eigenvalue weighted by Gasteiger charge is -2.11. The van der Waals surface area contributed by atoms with Crippen LogP contribution in [0.4, 0.5) is 0 Å². The second kappa shape index (κ2) is 9.20. The molecular weight excluding hydrogens is 258 g/mol. The van der Waals surface area contributed by atoms with E-state index in [0.29, 0.717) is 13.0 Å². The van der Waals surface area contributed by atoms with Crippen molar-refractivity contribution >= 4 is 5.91 Å². The fraction of sp³-hybridized carbons (Fsp3) is 0.533. The van der Waals surface area contributed by atoms with Crippen LogP contribution in [0.1, 0.15) is 37.7 Å². The Bertz CT molecular complexity index is 420. The van der Waals surface area contributed by atoms with E-state index in [1.807, 2.05) is 25.1 Å². The van der Waals surface area contributed by atoms with Crippen molar-refractivity contribution < 1.29 is 19.5 Å². The molecular formula is C15H23NO4. The van der Waals surface area contributed by atoms with Crippen LogP contribution in [0.3, 0.4) is 0 Å². The highest BCUT2D eigenvalue weighted by Gasteiger charge is 2.04. The van der Waals surface area contributed by atoms with Gasteiger partial charge in [0.15, 0.2) is 11.5 Å². The second-order valence-electron chi connectivity index (χ2n) is 4.70. The fourth-order valence-electron chi connectivity index (χ4n) is 1.87. The number of carbonyl (C=O) groups excluding carboxylic acids is 1. The molecule has 1 aromatic carbocycles. The SMILES string of the molecule is COc1cc(C)ccc1OCCCCCCC(=O)NO. The number of hydroxylamine groups is 1. The van der Waals surface area contributed by atoms with E-state index in [2.05, 4.69) is 0 Å². The van der Waals surface area contributed by atoms with Gasteiger partial charge in [-0.3, -0.25) is 10.0 Å². The van der Waals surface area contributed by atoms with Crippen LogP contribution in [-0.2, 0) is 4.79 Å². The van der Waals surface area contributed by atoms with Crippen LogP contribution in [0.15, 0.2) is 18.2 Å². The molecule has 112 valence electrons. The Balaban J connectivity index is 2.17. The average molecular weight is 281 g/mol. The predicted molar refractivity (Wildman–Crippen MR) is 76.2 cm³/mol. The van der Waals surface area contributed by atoms with Crippen LogP contribution in [-0.4, -0.2) is 24.8 Å². The molecule has 0 fully saturated rings. The van der Waals surface area contributed by atoms with E-state index in [-0.39, 0.29) is 5.91 Å². The third kappa shape index (κ3) is 5.93. The van der Waals surface area contributed by atoms with Crippen molar-refractivity contribution in [2.45, 2.75) is 39.0 Å². The molecule has 0 radical (unpaired) electrons. The summed E-state index contributed by atoms with van der Waals surface area (Å²) < 4.78 is 11.0. The lowest BCUT2D eigenvalue weighted by Crippen LogP contribution is -2.17. The highest BCUT2D eigenvalue weighted by Crippen LogP contribution is 2.27. The van der Waals surface area contributed by atoms with Crippen LogP contribution in [0, 0.1) is 6.92 Å². The molecule has 0 unspecified atom stereocenters. The number of unbranched alkanes of at least 4 members (excludes halogenated alkanes) is 3. The number of methoxy groups -OCH3 is 1. The molecule has 0 aliphatic carbocycles. The van der Waals surface area contributed by atoms with Gasteiger partial charge < -0.3 is 9.47 Å². The Morgan fingerprint density at radius 3 is 2.65 bits per heavy atom. The van der Waals surface area contributed by atoms with E-state index in [0.717, 1.165) is 42.7 Å². The Hall–Kier alpha value is -1.75. The van der Waals surface area contributed by atoms with Crippen molar-refractivity contribution in [2.75, 3.05) is 13.7 Å². The Morgan fingerprint density at radius 1 is 1.20 bits per heavy atom. The number of benzene rings is 1.